The molecule has 190 valence electrons. The van der Waals surface area contributed by atoms with Crippen LogP contribution in [0.5, 0.6) is 0 Å². The molecular formula is C29H32N6O2. The summed E-state index contributed by atoms with van der Waals surface area (Å²) < 4.78 is 0. The molecule has 1 amide bonds. The van der Waals surface area contributed by atoms with Crippen LogP contribution in [0.1, 0.15) is 76.3 Å². The van der Waals surface area contributed by atoms with Gasteiger partial charge in [-0.15, -0.1) is 0 Å². The molecule has 4 rings (SSSR count). The minimum atomic E-state index is -0.761. The summed E-state index contributed by atoms with van der Waals surface area (Å²) in [6, 6.07) is 14.3. The highest BCUT2D eigenvalue weighted by Crippen LogP contribution is 2.31. The molecule has 0 bridgehead atoms. The van der Waals surface area contributed by atoms with Crippen molar-refractivity contribution in [3.63, 3.8) is 0 Å². The van der Waals surface area contributed by atoms with Crippen molar-refractivity contribution in [2.75, 3.05) is 29.0 Å². The first-order valence-corrected chi connectivity index (χ1v) is 12.5. The van der Waals surface area contributed by atoms with E-state index in [-0.39, 0.29) is 22.7 Å². The highest BCUT2D eigenvalue weighted by molar-refractivity contribution is 6.18. The van der Waals surface area contributed by atoms with E-state index in [0.717, 1.165) is 31.5 Å². The summed E-state index contributed by atoms with van der Waals surface area (Å²) in [7, 11) is 0. The predicted molar refractivity (Wildman–Crippen MR) is 145 cm³/mol. The molecule has 0 aliphatic carbocycles. The summed E-state index contributed by atoms with van der Waals surface area (Å²) in [5.41, 5.74) is 9.05. The second-order valence-corrected chi connectivity index (χ2v) is 10.1. The predicted octanol–water partition coefficient (Wildman–Crippen LogP) is 4.95. The monoisotopic (exact) mass is 496 g/mol. The standard InChI is InChI=1S/C29H32N6O2/c1-18-11-12-22(31)24(26(36)20-9-8-10-21(16-20)29(3,4)17-30)25(18)34-27(37)23-15-19(2)32-28(33-23)35-13-6-5-7-14-35/h8-12,15-16H,5-7,13-14,31H2,1-4H3,(H,34,37). The fraction of sp³-hybridized carbons (Fsp3) is 0.345. The number of nitrogens with two attached hydrogens (primary N) is 1. The molecule has 1 aromatic heterocycles. The molecule has 1 aliphatic heterocycles. The Kier molecular flexibility index (Phi) is 7.25. The average Bonchev–Trinajstić information content (AvgIpc) is 2.90. The van der Waals surface area contributed by atoms with Gasteiger partial charge in [-0.3, -0.25) is 9.59 Å². The van der Waals surface area contributed by atoms with Gasteiger partial charge < -0.3 is 16.0 Å². The van der Waals surface area contributed by atoms with Gasteiger partial charge in [0.15, 0.2) is 5.78 Å². The van der Waals surface area contributed by atoms with Crippen molar-refractivity contribution in [2.24, 2.45) is 0 Å². The second-order valence-electron chi connectivity index (χ2n) is 10.1. The number of nitrogens with one attached hydrogen (secondary N) is 1. The maximum absolute atomic E-state index is 13.7. The molecule has 0 radical (unpaired) electrons. The third kappa shape index (κ3) is 5.46. The van der Waals surface area contributed by atoms with Crippen molar-refractivity contribution in [3.8, 4) is 6.07 Å². The summed E-state index contributed by atoms with van der Waals surface area (Å²) in [4.78, 5) is 38.3. The van der Waals surface area contributed by atoms with Crippen LogP contribution in [0.4, 0.5) is 17.3 Å². The lowest BCUT2D eigenvalue weighted by Gasteiger charge is -2.27. The molecule has 2 aromatic carbocycles. The Labute approximate surface area is 217 Å². The van der Waals surface area contributed by atoms with Crippen LogP contribution in [0.15, 0.2) is 42.5 Å². The van der Waals surface area contributed by atoms with E-state index in [0.29, 0.717) is 28.5 Å². The molecule has 3 N–H and O–H groups in total. The fourth-order valence-electron chi connectivity index (χ4n) is 4.47. The lowest BCUT2D eigenvalue weighted by atomic mass is 9.84. The van der Waals surface area contributed by atoms with Gasteiger partial charge in [0.25, 0.3) is 5.91 Å². The Morgan fingerprint density at radius 3 is 2.49 bits per heavy atom. The van der Waals surface area contributed by atoms with Crippen molar-refractivity contribution < 1.29 is 9.59 Å². The number of benzene rings is 2. The molecular weight excluding hydrogens is 464 g/mol. The van der Waals surface area contributed by atoms with E-state index in [1.807, 2.05) is 19.9 Å². The topological polar surface area (TPSA) is 125 Å². The Hall–Kier alpha value is -4.25. The molecule has 3 aromatic rings. The molecule has 1 aliphatic rings. The number of carbonyl (C=O) groups excluding carboxylic acids is 2. The van der Waals surface area contributed by atoms with Gasteiger partial charge in [0, 0.05) is 30.0 Å². The molecule has 0 unspecified atom stereocenters. The summed E-state index contributed by atoms with van der Waals surface area (Å²) in [5.74, 6) is -0.229. The molecule has 1 saturated heterocycles. The number of ketones is 1. The summed E-state index contributed by atoms with van der Waals surface area (Å²) in [6.45, 7) is 8.96. The van der Waals surface area contributed by atoms with E-state index in [9.17, 15) is 14.9 Å². The van der Waals surface area contributed by atoms with Crippen molar-refractivity contribution in [3.05, 3.63) is 76.1 Å². The molecule has 2 heterocycles. The minimum Gasteiger partial charge on any atom is -0.398 e. The maximum Gasteiger partial charge on any atom is 0.274 e. The maximum atomic E-state index is 13.7. The number of piperidine rings is 1. The Morgan fingerprint density at radius 2 is 1.78 bits per heavy atom. The van der Waals surface area contributed by atoms with Crippen LogP contribution < -0.4 is 16.0 Å². The quantitative estimate of drug-likeness (QED) is 0.365. The largest absolute Gasteiger partial charge is 0.398 e. The summed E-state index contributed by atoms with van der Waals surface area (Å²) >= 11 is 0. The number of nitriles is 1. The van der Waals surface area contributed by atoms with Gasteiger partial charge in [-0.1, -0.05) is 24.3 Å². The molecule has 1 fully saturated rings. The number of amides is 1. The summed E-state index contributed by atoms with van der Waals surface area (Å²) in [6.07, 6.45) is 3.32. The van der Waals surface area contributed by atoms with Gasteiger partial charge in [0.05, 0.1) is 22.7 Å². The zero-order valence-electron chi connectivity index (χ0n) is 21.8. The molecule has 37 heavy (non-hydrogen) atoms. The Morgan fingerprint density at radius 1 is 1.05 bits per heavy atom. The summed E-state index contributed by atoms with van der Waals surface area (Å²) in [5, 5.41) is 12.4. The number of anilines is 3. The number of nitrogens with zero attached hydrogens (tertiary/aromatic N) is 4. The van der Waals surface area contributed by atoms with Crippen LogP contribution in [-0.2, 0) is 5.41 Å². The third-order valence-corrected chi connectivity index (χ3v) is 6.75. The molecule has 0 spiro atoms. The first-order chi connectivity index (χ1) is 17.6. The number of aromatic nitrogens is 2. The highest BCUT2D eigenvalue weighted by atomic mass is 16.2. The number of hydrogen-bond donors (Lipinski definition) is 2. The van der Waals surface area contributed by atoms with Crippen molar-refractivity contribution >= 4 is 29.0 Å². The van der Waals surface area contributed by atoms with Crippen LogP contribution in [0.2, 0.25) is 0 Å². The highest BCUT2D eigenvalue weighted by Gasteiger charge is 2.25. The first-order valence-electron chi connectivity index (χ1n) is 12.5. The number of rotatable bonds is 6. The van der Waals surface area contributed by atoms with E-state index in [2.05, 4.69) is 26.3 Å². The second kappa shape index (κ2) is 10.4. The fourth-order valence-corrected chi connectivity index (χ4v) is 4.47. The number of hydrogen-bond acceptors (Lipinski definition) is 7. The smallest absolute Gasteiger partial charge is 0.274 e. The Balaban J connectivity index is 1.69. The number of aryl methyl sites for hydroxylation is 2. The Bertz CT molecular complexity index is 1400. The van der Waals surface area contributed by atoms with Gasteiger partial charge in [-0.05, 0) is 76.3 Å². The van der Waals surface area contributed by atoms with Crippen LogP contribution in [-0.4, -0.2) is 34.7 Å². The lowest BCUT2D eigenvalue weighted by Crippen LogP contribution is -2.32. The van der Waals surface area contributed by atoms with Crippen LogP contribution >= 0.6 is 0 Å². The third-order valence-electron chi connectivity index (χ3n) is 6.75. The van der Waals surface area contributed by atoms with Crippen molar-refractivity contribution in [1.29, 1.82) is 5.26 Å². The van der Waals surface area contributed by atoms with E-state index >= 15 is 0 Å². The zero-order valence-corrected chi connectivity index (χ0v) is 21.8. The van der Waals surface area contributed by atoms with E-state index in [1.54, 1.807) is 50.2 Å². The number of carbonyl (C=O) groups is 2. The van der Waals surface area contributed by atoms with Gasteiger partial charge in [-0.25, -0.2) is 9.97 Å². The number of nitrogen functional groups attached to an aromatic ring is 1. The van der Waals surface area contributed by atoms with E-state index in [1.165, 1.54) is 6.42 Å². The average molecular weight is 497 g/mol. The lowest BCUT2D eigenvalue weighted by molar-refractivity contribution is 0.102. The van der Waals surface area contributed by atoms with Crippen molar-refractivity contribution in [1.82, 2.24) is 9.97 Å². The SMILES string of the molecule is Cc1cc(C(=O)Nc2c(C)ccc(N)c2C(=O)c2cccc(C(C)(C)C#N)c2)nc(N2CCCCC2)n1. The van der Waals surface area contributed by atoms with Crippen LogP contribution in [0.3, 0.4) is 0 Å². The zero-order chi connectivity index (χ0) is 26.7. The van der Waals surface area contributed by atoms with Crippen LogP contribution in [0, 0.1) is 25.2 Å². The van der Waals surface area contributed by atoms with Gasteiger partial charge >= 0.3 is 0 Å². The van der Waals surface area contributed by atoms with Gasteiger partial charge in [-0.2, -0.15) is 5.26 Å². The van der Waals surface area contributed by atoms with Crippen molar-refractivity contribution in [2.45, 2.75) is 52.4 Å². The molecule has 8 heteroatoms. The van der Waals surface area contributed by atoms with Crippen LogP contribution in [0.25, 0.3) is 0 Å². The molecule has 8 nitrogen and oxygen atoms in total. The van der Waals surface area contributed by atoms with E-state index in [4.69, 9.17) is 5.73 Å². The van der Waals surface area contributed by atoms with E-state index < -0.39 is 11.3 Å². The van der Waals surface area contributed by atoms with Gasteiger partial charge in [0.1, 0.15) is 5.69 Å². The molecule has 0 atom stereocenters. The molecule has 0 saturated carbocycles. The van der Waals surface area contributed by atoms with Gasteiger partial charge in [0.2, 0.25) is 5.95 Å². The minimum absolute atomic E-state index is 0.210. The first kappa shape index (κ1) is 25.8. The normalized spacial score (nSPS) is 13.6.